The van der Waals surface area contributed by atoms with Crippen LogP contribution in [0.4, 0.5) is 17.1 Å². The lowest BCUT2D eigenvalue weighted by Gasteiger charge is -2.27. The first-order valence-electron chi connectivity index (χ1n) is 18.7. The summed E-state index contributed by atoms with van der Waals surface area (Å²) in [5.41, 5.74) is 13.4. The molecule has 0 radical (unpaired) electrons. The van der Waals surface area contributed by atoms with E-state index in [9.17, 15) is 0 Å². The van der Waals surface area contributed by atoms with Crippen molar-refractivity contribution in [2.75, 3.05) is 4.90 Å². The van der Waals surface area contributed by atoms with Gasteiger partial charge in [0.2, 0.25) is 0 Å². The Hall–Kier alpha value is -7.36. The van der Waals surface area contributed by atoms with E-state index >= 15 is 0 Å². The van der Waals surface area contributed by atoms with Crippen LogP contribution >= 0.6 is 0 Å². The van der Waals surface area contributed by atoms with Crippen molar-refractivity contribution >= 4 is 71.7 Å². The van der Waals surface area contributed by atoms with Crippen molar-refractivity contribution in [3.05, 3.63) is 200 Å². The Morgan fingerprint density at radius 1 is 0.327 bits per heavy atom. The van der Waals surface area contributed by atoms with Gasteiger partial charge in [0, 0.05) is 38.7 Å². The summed E-state index contributed by atoms with van der Waals surface area (Å²) in [6.07, 6.45) is 0. The predicted molar refractivity (Wildman–Crippen MR) is 229 cm³/mol. The summed E-state index contributed by atoms with van der Waals surface area (Å²) in [7, 11) is 0. The SMILES string of the molecule is c1ccc(-c2ccc(N(c3ccc(-c4cccc5c4oc4ccccc45)cc3)c3ccc(-c4ccccc4)c4oc5cc6ccccc6cc5c34)cc2)cc1. The zero-order valence-corrected chi connectivity index (χ0v) is 29.8. The van der Waals surface area contributed by atoms with Crippen LogP contribution in [0.3, 0.4) is 0 Å². The molecule has 11 aromatic rings. The van der Waals surface area contributed by atoms with E-state index in [-0.39, 0.29) is 0 Å². The number of hydrogen-bond acceptors (Lipinski definition) is 3. The molecular weight excluding hydrogens is 671 g/mol. The largest absolute Gasteiger partial charge is 0.455 e. The zero-order valence-electron chi connectivity index (χ0n) is 29.8. The molecule has 0 atom stereocenters. The molecule has 0 aliphatic rings. The monoisotopic (exact) mass is 703 g/mol. The fourth-order valence-corrected chi connectivity index (χ4v) is 8.20. The highest BCUT2D eigenvalue weighted by Crippen LogP contribution is 2.47. The third kappa shape index (κ3) is 5.20. The second-order valence-electron chi connectivity index (χ2n) is 14.1. The minimum absolute atomic E-state index is 0.868. The summed E-state index contributed by atoms with van der Waals surface area (Å²) in [6, 6.07) is 70.9. The highest BCUT2D eigenvalue weighted by atomic mass is 16.3. The average Bonchev–Trinajstić information content (AvgIpc) is 3.83. The maximum atomic E-state index is 6.89. The molecule has 0 spiro atoms. The summed E-state index contributed by atoms with van der Waals surface area (Å²) in [6.45, 7) is 0. The van der Waals surface area contributed by atoms with Crippen LogP contribution in [-0.2, 0) is 0 Å². The molecule has 0 fully saturated rings. The molecular formula is C52H33NO2. The fourth-order valence-electron chi connectivity index (χ4n) is 8.20. The lowest BCUT2D eigenvalue weighted by molar-refractivity contribution is 0.670. The highest BCUT2D eigenvalue weighted by Gasteiger charge is 2.23. The lowest BCUT2D eigenvalue weighted by atomic mass is 9.98. The Balaban J connectivity index is 1.13. The van der Waals surface area contributed by atoms with Gasteiger partial charge in [-0.25, -0.2) is 0 Å². The van der Waals surface area contributed by atoms with E-state index in [1.807, 2.05) is 12.1 Å². The van der Waals surface area contributed by atoms with Gasteiger partial charge in [-0.05, 0) is 87.6 Å². The van der Waals surface area contributed by atoms with Gasteiger partial charge in [-0.3, -0.25) is 0 Å². The van der Waals surface area contributed by atoms with Crippen molar-refractivity contribution in [2.45, 2.75) is 0 Å². The van der Waals surface area contributed by atoms with Crippen LogP contribution in [0.1, 0.15) is 0 Å². The summed E-state index contributed by atoms with van der Waals surface area (Å²) >= 11 is 0. The van der Waals surface area contributed by atoms with Gasteiger partial charge in [0.15, 0.2) is 0 Å². The molecule has 0 unspecified atom stereocenters. The molecule has 3 nitrogen and oxygen atoms in total. The molecule has 258 valence electrons. The van der Waals surface area contributed by atoms with Crippen LogP contribution < -0.4 is 4.90 Å². The van der Waals surface area contributed by atoms with Crippen LogP contribution in [0.2, 0.25) is 0 Å². The van der Waals surface area contributed by atoms with Gasteiger partial charge in [-0.15, -0.1) is 0 Å². The Kier molecular flexibility index (Phi) is 7.17. The quantitative estimate of drug-likeness (QED) is 0.173. The first-order valence-corrected chi connectivity index (χ1v) is 18.7. The molecule has 0 saturated heterocycles. The average molecular weight is 704 g/mol. The maximum Gasteiger partial charge on any atom is 0.145 e. The molecule has 0 saturated carbocycles. The van der Waals surface area contributed by atoms with Crippen molar-refractivity contribution in [3.63, 3.8) is 0 Å². The summed E-state index contributed by atoms with van der Waals surface area (Å²) in [4.78, 5) is 2.36. The zero-order chi connectivity index (χ0) is 36.3. The first kappa shape index (κ1) is 31.2. The molecule has 0 N–H and O–H groups in total. The normalized spacial score (nSPS) is 11.6. The minimum atomic E-state index is 0.868. The van der Waals surface area contributed by atoms with Gasteiger partial charge in [-0.1, -0.05) is 146 Å². The Bertz CT molecular complexity index is 3180. The van der Waals surface area contributed by atoms with Crippen molar-refractivity contribution in [1.29, 1.82) is 0 Å². The second-order valence-corrected chi connectivity index (χ2v) is 14.1. The van der Waals surface area contributed by atoms with E-state index in [2.05, 4.69) is 193 Å². The maximum absolute atomic E-state index is 6.89. The molecule has 2 aromatic heterocycles. The van der Waals surface area contributed by atoms with E-state index in [1.165, 1.54) is 16.5 Å². The smallest absolute Gasteiger partial charge is 0.145 e. The van der Waals surface area contributed by atoms with E-state index in [1.54, 1.807) is 0 Å². The van der Waals surface area contributed by atoms with Gasteiger partial charge >= 0.3 is 0 Å². The molecule has 0 amide bonds. The van der Waals surface area contributed by atoms with Gasteiger partial charge < -0.3 is 13.7 Å². The molecule has 9 aromatic carbocycles. The van der Waals surface area contributed by atoms with E-state index in [0.717, 1.165) is 88.6 Å². The molecule has 0 bridgehead atoms. The van der Waals surface area contributed by atoms with Gasteiger partial charge in [-0.2, -0.15) is 0 Å². The molecule has 11 rings (SSSR count). The van der Waals surface area contributed by atoms with Gasteiger partial charge in [0.1, 0.15) is 22.3 Å². The van der Waals surface area contributed by atoms with Crippen LogP contribution in [0, 0.1) is 0 Å². The lowest BCUT2D eigenvalue weighted by Crippen LogP contribution is -2.10. The van der Waals surface area contributed by atoms with Crippen LogP contribution in [0.15, 0.2) is 209 Å². The number of anilines is 3. The topological polar surface area (TPSA) is 29.5 Å². The van der Waals surface area contributed by atoms with Crippen LogP contribution in [0.5, 0.6) is 0 Å². The number of fused-ring (bicyclic) bond motifs is 7. The standard InChI is InChI=1S/C52H33NO2/c1-3-12-34(13-4-1)35-22-26-40(27-23-35)53(41-28-24-37(25-29-41)42-19-11-20-45-44-18-9-10-21-48(44)54-51(42)45)47-31-30-43(36-14-5-2-6-15-36)52-50(47)46-32-38-16-7-8-17-39(38)33-49(46)55-52/h1-33H. The molecule has 0 aliphatic heterocycles. The summed E-state index contributed by atoms with van der Waals surface area (Å²) in [5, 5.41) is 6.74. The van der Waals surface area contributed by atoms with Crippen LogP contribution in [0.25, 0.3) is 88.0 Å². The molecule has 0 aliphatic carbocycles. The van der Waals surface area contributed by atoms with Crippen molar-refractivity contribution in [1.82, 2.24) is 0 Å². The van der Waals surface area contributed by atoms with Crippen LogP contribution in [-0.4, -0.2) is 0 Å². The number of rotatable bonds is 6. The van der Waals surface area contributed by atoms with Crippen molar-refractivity contribution < 1.29 is 8.83 Å². The van der Waals surface area contributed by atoms with Crippen molar-refractivity contribution in [2.24, 2.45) is 0 Å². The number of hydrogen-bond donors (Lipinski definition) is 0. The Labute approximate surface area is 317 Å². The number of nitrogens with zero attached hydrogens (tertiary/aromatic N) is 1. The number of benzene rings is 9. The van der Waals surface area contributed by atoms with E-state index in [0.29, 0.717) is 0 Å². The van der Waals surface area contributed by atoms with E-state index < -0.39 is 0 Å². The first-order chi connectivity index (χ1) is 27.3. The Morgan fingerprint density at radius 2 is 0.873 bits per heavy atom. The minimum Gasteiger partial charge on any atom is -0.455 e. The third-order valence-electron chi connectivity index (χ3n) is 10.9. The number of para-hydroxylation sites is 2. The van der Waals surface area contributed by atoms with Crippen molar-refractivity contribution in [3.8, 4) is 33.4 Å². The summed E-state index contributed by atoms with van der Waals surface area (Å²) < 4.78 is 13.3. The predicted octanol–water partition coefficient (Wildman–Crippen LogP) is 15.1. The second kappa shape index (κ2) is 12.6. The fraction of sp³-hybridized carbons (Fsp3) is 0. The molecule has 55 heavy (non-hydrogen) atoms. The Morgan fingerprint density at radius 3 is 1.62 bits per heavy atom. The van der Waals surface area contributed by atoms with E-state index in [4.69, 9.17) is 8.83 Å². The van der Waals surface area contributed by atoms with Gasteiger partial charge in [0.05, 0.1) is 11.1 Å². The highest BCUT2D eigenvalue weighted by molar-refractivity contribution is 6.19. The third-order valence-corrected chi connectivity index (χ3v) is 10.9. The molecule has 3 heteroatoms. The van der Waals surface area contributed by atoms with Gasteiger partial charge in [0.25, 0.3) is 0 Å². The summed E-state index contributed by atoms with van der Waals surface area (Å²) in [5.74, 6) is 0. The number of furan rings is 2. The molecule has 2 heterocycles.